The Morgan fingerprint density at radius 3 is 2.75 bits per heavy atom. The van der Waals surface area contributed by atoms with E-state index in [1.54, 1.807) is 0 Å². The molecule has 2 heteroatoms. The zero-order valence-corrected chi connectivity index (χ0v) is 11.1. The Bertz CT molecular complexity index is 159. The molecule has 1 N–H and O–H groups in total. The molecule has 1 saturated heterocycles. The molecule has 1 fully saturated rings. The fourth-order valence-electron chi connectivity index (χ4n) is 2.67. The number of hydrogen-bond acceptors (Lipinski definition) is 2. The summed E-state index contributed by atoms with van der Waals surface area (Å²) >= 11 is 0. The predicted molar refractivity (Wildman–Crippen MR) is 69.8 cm³/mol. The Kier molecular flexibility index (Phi) is 7.87. The van der Waals surface area contributed by atoms with Crippen LogP contribution in [0.4, 0.5) is 0 Å². The molecule has 96 valence electrons. The minimum absolute atomic E-state index is 0.530. The van der Waals surface area contributed by atoms with Crippen LogP contribution >= 0.6 is 0 Å². The standard InChI is InChI=1S/C14H29NO/c1-3-4-5-6-7-10-14-13(12-15-2)9-8-11-16-14/h13-15H,3-12H2,1-2H3. The van der Waals surface area contributed by atoms with E-state index in [4.69, 9.17) is 4.74 Å². The van der Waals surface area contributed by atoms with Gasteiger partial charge < -0.3 is 10.1 Å². The molecule has 0 amide bonds. The average Bonchev–Trinajstić information content (AvgIpc) is 2.31. The Morgan fingerprint density at radius 1 is 1.19 bits per heavy atom. The third-order valence-electron chi connectivity index (χ3n) is 3.64. The summed E-state index contributed by atoms with van der Waals surface area (Å²) in [6, 6.07) is 0. The third kappa shape index (κ3) is 5.31. The zero-order chi connectivity index (χ0) is 11.6. The lowest BCUT2D eigenvalue weighted by atomic mass is 9.90. The highest BCUT2D eigenvalue weighted by Crippen LogP contribution is 2.24. The molecule has 1 rings (SSSR count). The lowest BCUT2D eigenvalue weighted by Crippen LogP contribution is -2.35. The van der Waals surface area contributed by atoms with E-state index in [0.29, 0.717) is 6.10 Å². The van der Waals surface area contributed by atoms with E-state index >= 15 is 0 Å². The second-order valence-corrected chi connectivity index (χ2v) is 5.07. The first-order valence-electron chi connectivity index (χ1n) is 7.14. The first kappa shape index (κ1) is 14.0. The average molecular weight is 227 g/mol. The molecular weight excluding hydrogens is 198 g/mol. The molecule has 16 heavy (non-hydrogen) atoms. The summed E-state index contributed by atoms with van der Waals surface area (Å²) in [5.74, 6) is 0.755. The van der Waals surface area contributed by atoms with Crippen LogP contribution in [0.2, 0.25) is 0 Å². The van der Waals surface area contributed by atoms with Gasteiger partial charge in [-0.1, -0.05) is 39.0 Å². The van der Waals surface area contributed by atoms with Crippen molar-refractivity contribution in [1.29, 1.82) is 0 Å². The molecular formula is C14H29NO. The fourth-order valence-corrected chi connectivity index (χ4v) is 2.67. The highest BCUT2D eigenvalue weighted by molar-refractivity contribution is 4.76. The van der Waals surface area contributed by atoms with Gasteiger partial charge in [0.1, 0.15) is 0 Å². The van der Waals surface area contributed by atoms with Crippen LogP contribution in [0.1, 0.15) is 58.3 Å². The number of nitrogens with one attached hydrogen (secondary N) is 1. The molecule has 0 aromatic heterocycles. The maximum Gasteiger partial charge on any atom is 0.0615 e. The maximum atomic E-state index is 5.91. The van der Waals surface area contributed by atoms with Crippen molar-refractivity contribution >= 4 is 0 Å². The van der Waals surface area contributed by atoms with Gasteiger partial charge in [0.15, 0.2) is 0 Å². The van der Waals surface area contributed by atoms with Crippen molar-refractivity contribution in [3.05, 3.63) is 0 Å². The molecule has 1 aliphatic heterocycles. The smallest absolute Gasteiger partial charge is 0.0615 e. The second kappa shape index (κ2) is 9.00. The normalized spacial score (nSPS) is 25.9. The number of hydrogen-bond donors (Lipinski definition) is 1. The molecule has 0 saturated carbocycles. The van der Waals surface area contributed by atoms with Crippen LogP contribution in [0, 0.1) is 5.92 Å². The van der Waals surface area contributed by atoms with Gasteiger partial charge in [0, 0.05) is 13.2 Å². The molecule has 0 bridgehead atoms. The van der Waals surface area contributed by atoms with Gasteiger partial charge in [0.05, 0.1) is 6.10 Å². The van der Waals surface area contributed by atoms with E-state index in [9.17, 15) is 0 Å². The van der Waals surface area contributed by atoms with Crippen molar-refractivity contribution in [3.8, 4) is 0 Å². The van der Waals surface area contributed by atoms with Crippen LogP contribution in [0.3, 0.4) is 0 Å². The minimum atomic E-state index is 0.530. The Morgan fingerprint density at radius 2 is 2.00 bits per heavy atom. The molecule has 2 atom stereocenters. The van der Waals surface area contributed by atoms with Gasteiger partial charge in [-0.3, -0.25) is 0 Å². The van der Waals surface area contributed by atoms with Gasteiger partial charge in [-0.2, -0.15) is 0 Å². The van der Waals surface area contributed by atoms with E-state index in [-0.39, 0.29) is 0 Å². The molecule has 0 aromatic carbocycles. The molecule has 0 aromatic rings. The number of rotatable bonds is 8. The van der Waals surface area contributed by atoms with Gasteiger partial charge in [0.2, 0.25) is 0 Å². The van der Waals surface area contributed by atoms with E-state index in [2.05, 4.69) is 12.2 Å². The van der Waals surface area contributed by atoms with E-state index in [1.807, 2.05) is 7.05 Å². The first-order chi connectivity index (χ1) is 7.88. The van der Waals surface area contributed by atoms with Crippen LogP contribution in [-0.4, -0.2) is 26.3 Å². The quantitative estimate of drug-likeness (QED) is 0.642. The second-order valence-electron chi connectivity index (χ2n) is 5.07. The summed E-state index contributed by atoms with van der Waals surface area (Å²) in [5.41, 5.74) is 0. The zero-order valence-electron chi connectivity index (χ0n) is 11.1. The first-order valence-corrected chi connectivity index (χ1v) is 7.14. The van der Waals surface area contributed by atoms with E-state index in [0.717, 1.165) is 19.1 Å². The monoisotopic (exact) mass is 227 g/mol. The minimum Gasteiger partial charge on any atom is -0.378 e. The van der Waals surface area contributed by atoms with Gasteiger partial charge in [-0.05, 0) is 32.2 Å². The summed E-state index contributed by atoms with van der Waals surface area (Å²) in [7, 11) is 2.05. The van der Waals surface area contributed by atoms with E-state index in [1.165, 1.54) is 51.4 Å². The fraction of sp³-hybridized carbons (Fsp3) is 1.00. The van der Waals surface area contributed by atoms with Crippen molar-refractivity contribution in [2.24, 2.45) is 5.92 Å². The van der Waals surface area contributed by atoms with Crippen molar-refractivity contribution in [3.63, 3.8) is 0 Å². The Hall–Kier alpha value is -0.0800. The largest absolute Gasteiger partial charge is 0.378 e. The SMILES string of the molecule is CCCCCCCC1OCCCC1CNC. The van der Waals surface area contributed by atoms with E-state index < -0.39 is 0 Å². The topological polar surface area (TPSA) is 21.3 Å². The summed E-state index contributed by atoms with van der Waals surface area (Å²) in [4.78, 5) is 0. The summed E-state index contributed by atoms with van der Waals surface area (Å²) < 4.78 is 5.91. The van der Waals surface area contributed by atoms with Gasteiger partial charge in [0.25, 0.3) is 0 Å². The molecule has 0 spiro atoms. The van der Waals surface area contributed by atoms with Crippen LogP contribution in [-0.2, 0) is 4.74 Å². The van der Waals surface area contributed by atoms with Crippen molar-refractivity contribution in [2.75, 3.05) is 20.2 Å². The maximum absolute atomic E-state index is 5.91. The molecule has 2 nitrogen and oxygen atoms in total. The van der Waals surface area contributed by atoms with Gasteiger partial charge >= 0.3 is 0 Å². The molecule has 1 heterocycles. The number of unbranched alkanes of at least 4 members (excludes halogenated alkanes) is 4. The van der Waals surface area contributed by atoms with Gasteiger partial charge in [-0.15, -0.1) is 0 Å². The number of ether oxygens (including phenoxy) is 1. The molecule has 2 unspecified atom stereocenters. The van der Waals surface area contributed by atoms with Crippen LogP contribution in [0.15, 0.2) is 0 Å². The predicted octanol–water partition coefficient (Wildman–Crippen LogP) is 3.36. The van der Waals surface area contributed by atoms with Crippen LogP contribution in [0.5, 0.6) is 0 Å². The molecule has 0 radical (unpaired) electrons. The summed E-state index contributed by atoms with van der Waals surface area (Å²) in [5, 5.41) is 3.30. The van der Waals surface area contributed by atoms with Gasteiger partial charge in [-0.25, -0.2) is 0 Å². The van der Waals surface area contributed by atoms with Crippen LogP contribution in [0.25, 0.3) is 0 Å². The lowest BCUT2D eigenvalue weighted by Gasteiger charge is -2.31. The van der Waals surface area contributed by atoms with Crippen molar-refractivity contribution in [2.45, 2.75) is 64.4 Å². The molecule has 0 aliphatic carbocycles. The van der Waals surface area contributed by atoms with Crippen molar-refractivity contribution in [1.82, 2.24) is 5.32 Å². The Labute approximate surface area is 101 Å². The van der Waals surface area contributed by atoms with Crippen molar-refractivity contribution < 1.29 is 4.74 Å². The third-order valence-corrected chi connectivity index (χ3v) is 3.64. The summed E-state index contributed by atoms with van der Waals surface area (Å²) in [6.07, 6.45) is 11.3. The highest BCUT2D eigenvalue weighted by Gasteiger charge is 2.24. The van der Waals surface area contributed by atoms with Crippen LogP contribution < -0.4 is 5.32 Å². The highest BCUT2D eigenvalue weighted by atomic mass is 16.5. The Balaban J connectivity index is 2.11. The molecule has 1 aliphatic rings. The summed E-state index contributed by atoms with van der Waals surface area (Å²) in [6.45, 7) is 4.38. The lowest BCUT2D eigenvalue weighted by molar-refractivity contribution is -0.0308.